The summed E-state index contributed by atoms with van der Waals surface area (Å²) >= 11 is 0. The smallest absolute Gasteiger partial charge is 0.0587 e. The predicted molar refractivity (Wildman–Crippen MR) is 78.3 cm³/mol. The van der Waals surface area contributed by atoms with Crippen LogP contribution >= 0.6 is 0 Å². The van der Waals surface area contributed by atoms with Gasteiger partial charge in [0.1, 0.15) is 0 Å². The van der Waals surface area contributed by atoms with Crippen molar-refractivity contribution in [2.75, 3.05) is 39.9 Å². The Morgan fingerprint density at radius 2 is 2.05 bits per heavy atom. The van der Waals surface area contributed by atoms with Gasteiger partial charge in [0.25, 0.3) is 0 Å². The molecule has 0 unspecified atom stereocenters. The standard InChI is InChI=1S/C15H27N3O/c1-19-13-7-16-14-15-6-5-10-18(15)12-11-17-8-3-2-4-9-17/h5-6,10,16H,2-4,7-9,11-14H2,1H3. The Balaban J connectivity index is 1.72. The maximum absolute atomic E-state index is 5.04. The first-order chi connectivity index (χ1) is 9.40. The number of likely N-dealkylation sites (tertiary alicyclic amines) is 1. The van der Waals surface area contributed by atoms with Crippen LogP contribution in [0.25, 0.3) is 0 Å². The SMILES string of the molecule is COCCNCc1cccn1CCN1CCCCC1. The molecule has 0 radical (unpaired) electrons. The highest BCUT2D eigenvalue weighted by Gasteiger charge is 2.10. The Labute approximate surface area is 116 Å². The summed E-state index contributed by atoms with van der Waals surface area (Å²) in [5.74, 6) is 0. The predicted octanol–water partition coefficient (Wildman–Crippen LogP) is 1.71. The van der Waals surface area contributed by atoms with Crippen molar-refractivity contribution in [3.8, 4) is 0 Å². The third kappa shape index (κ3) is 4.97. The van der Waals surface area contributed by atoms with E-state index in [1.165, 1.54) is 44.6 Å². The fourth-order valence-electron chi connectivity index (χ4n) is 2.65. The molecule has 4 heteroatoms. The lowest BCUT2D eigenvalue weighted by molar-refractivity contribution is 0.198. The van der Waals surface area contributed by atoms with Crippen molar-refractivity contribution < 1.29 is 4.74 Å². The van der Waals surface area contributed by atoms with Crippen molar-refractivity contribution in [2.24, 2.45) is 0 Å². The summed E-state index contributed by atoms with van der Waals surface area (Å²) in [6.45, 7) is 7.46. The highest BCUT2D eigenvalue weighted by atomic mass is 16.5. The molecule has 1 fully saturated rings. The third-order valence-corrected chi connectivity index (χ3v) is 3.82. The van der Waals surface area contributed by atoms with Gasteiger partial charge in [-0.25, -0.2) is 0 Å². The van der Waals surface area contributed by atoms with Crippen molar-refractivity contribution in [3.05, 3.63) is 24.0 Å². The highest BCUT2D eigenvalue weighted by molar-refractivity contribution is 5.06. The molecule has 1 aliphatic rings. The van der Waals surface area contributed by atoms with E-state index in [-0.39, 0.29) is 0 Å². The molecule has 0 aliphatic carbocycles. The molecule has 108 valence electrons. The van der Waals surface area contributed by atoms with E-state index in [1.54, 1.807) is 7.11 Å². The van der Waals surface area contributed by atoms with Crippen LogP contribution in [-0.2, 0) is 17.8 Å². The second-order valence-corrected chi connectivity index (χ2v) is 5.26. The van der Waals surface area contributed by atoms with Crippen molar-refractivity contribution in [1.82, 2.24) is 14.8 Å². The van der Waals surface area contributed by atoms with E-state index in [1.807, 2.05) is 0 Å². The van der Waals surface area contributed by atoms with Gasteiger partial charge in [0, 0.05) is 45.2 Å². The van der Waals surface area contributed by atoms with E-state index in [9.17, 15) is 0 Å². The van der Waals surface area contributed by atoms with Gasteiger partial charge in [-0.15, -0.1) is 0 Å². The Hall–Kier alpha value is -0.840. The first-order valence-electron chi connectivity index (χ1n) is 7.46. The normalized spacial score (nSPS) is 16.9. The van der Waals surface area contributed by atoms with Gasteiger partial charge in [0.2, 0.25) is 0 Å². The molecule has 1 N–H and O–H groups in total. The lowest BCUT2D eigenvalue weighted by Gasteiger charge is -2.26. The largest absolute Gasteiger partial charge is 0.383 e. The molecule has 0 amide bonds. The van der Waals surface area contributed by atoms with Crippen molar-refractivity contribution >= 4 is 0 Å². The van der Waals surface area contributed by atoms with Crippen LogP contribution in [0.2, 0.25) is 0 Å². The van der Waals surface area contributed by atoms with Gasteiger partial charge in [0.05, 0.1) is 6.61 Å². The third-order valence-electron chi connectivity index (χ3n) is 3.82. The van der Waals surface area contributed by atoms with Gasteiger partial charge in [-0.3, -0.25) is 0 Å². The van der Waals surface area contributed by atoms with Gasteiger partial charge < -0.3 is 19.5 Å². The number of hydrogen-bond donors (Lipinski definition) is 1. The van der Waals surface area contributed by atoms with Crippen molar-refractivity contribution in [3.63, 3.8) is 0 Å². The number of hydrogen-bond acceptors (Lipinski definition) is 3. The number of methoxy groups -OCH3 is 1. The van der Waals surface area contributed by atoms with Crippen LogP contribution in [0.4, 0.5) is 0 Å². The van der Waals surface area contributed by atoms with Crippen LogP contribution in [0.3, 0.4) is 0 Å². The summed E-state index contributed by atoms with van der Waals surface area (Å²) < 4.78 is 7.41. The second kappa shape index (κ2) is 8.35. The molecule has 1 saturated heterocycles. The second-order valence-electron chi connectivity index (χ2n) is 5.26. The van der Waals surface area contributed by atoms with Crippen molar-refractivity contribution in [2.45, 2.75) is 32.4 Å². The molecule has 19 heavy (non-hydrogen) atoms. The molecular weight excluding hydrogens is 238 g/mol. The molecule has 2 rings (SSSR count). The zero-order valence-corrected chi connectivity index (χ0v) is 12.1. The van der Waals surface area contributed by atoms with E-state index in [0.29, 0.717) is 0 Å². The van der Waals surface area contributed by atoms with E-state index in [2.05, 4.69) is 33.1 Å². The summed E-state index contributed by atoms with van der Waals surface area (Å²) in [6, 6.07) is 4.35. The van der Waals surface area contributed by atoms with E-state index in [4.69, 9.17) is 4.74 Å². The van der Waals surface area contributed by atoms with Crippen LogP contribution in [0.15, 0.2) is 18.3 Å². The fraction of sp³-hybridized carbons (Fsp3) is 0.733. The van der Waals surface area contributed by atoms with Crippen molar-refractivity contribution in [1.29, 1.82) is 0 Å². The van der Waals surface area contributed by atoms with Crippen LogP contribution in [0.5, 0.6) is 0 Å². The lowest BCUT2D eigenvalue weighted by Crippen LogP contribution is -2.33. The summed E-state index contributed by atoms with van der Waals surface area (Å²) in [4.78, 5) is 2.59. The maximum atomic E-state index is 5.04. The number of ether oxygens (including phenoxy) is 1. The average molecular weight is 265 g/mol. The topological polar surface area (TPSA) is 29.4 Å². The molecule has 0 spiro atoms. The fourth-order valence-corrected chi connectivity index (χ4v) is 2.65. The Morgan fingerprint density at radius 3 is 2.84 bits per heavy atom. The zero-order chi connectivity index (χ0) is 13.3. The average Bonchev–Trinajstić information content (AvgIpc) is 2.90. The maximum Gasteiger partial charge on any atom is 0.0587 e. The van der Waals surface area contributed by atoms with Crippen LogP contribution in [-0.4, -0.2) is 49.4 Å². The van der Waals surface area contributed by atoms with Gasteiger partial charge in [-0.05, 0) is 38.1 Å². The molecule has 0 bridgehead atoms. The summed E-state index contributed by atoms with van der Waals surface area (Å²) in [6.07, 6.45) is 6.35. The number of nitrogens with one attached hydrogen (secondary N) is 1. The van der Waals surface area contributed by atoms with Crippen LogP contribution in [0, 0.1) is 0 Å². The van der Waals surface area contributed by atoms with E-state index in [0.717, 1.165) is 26.2 Å². The Kier molecular flexibility index (Phi) is 6.41. The van der Waals surface area contributed by atoms with Gasteiger partial charge in [-0.2, -0.15) is 0 Å². The molecule has 0 atom stereocenters. The summed E-state index contributed by atoms with van der Waals surface area (Å²) in [5.41, 5.74) is 1.37. The van der Waals surface area contributed by atoms with Crippen LogP contribution in [0.1, 0.15) is 25.0 Å². The van der Waals surface area contributed by atoms with Gasteiger partial charge >= 0.3 is 0 Å². The monoisotopic (exact) mass is 265 g/mol. The molecule has 0 aromatic carbocycles. The summed E-state index contributed by atoms with van der Waals surface area (Å²) in [7, 11) is 1.74. The number of piperidine rings is 1. The van der Waals surface area contributed by atoms with Gasteiger partial charge in [0.15, 0.2) is 0 Å². The number of nitrogens with zero attached hydrogens (tertiary/aromatic N) is 2. The molecule has 0 saturated carbocycles. The molecule has 1 aliphatic heterocycles. The molecule has 2 heterocycles. The molecule has 1 aromatic rings. The minimum absolute atomic E-state index is 0.772. The summed E-state index contributed by atoms with van der Waals surface area (Å²) in [5, 5.41) is 3.41. The minimum atomic E-state index is 0.772. The highest BCUT2D eigenvalue weighted by Crippen LogP contribution is 2.09. The van der Waals surface area contributed by atoms with Gasteiger partial charge in [-0.1, -0.05) is 6.42 Å². The zero-order valence-electron chi connectivity index (χ0n) is 12.1. The van der Waals surface area contributed by atoms with E-state index < -0.39 is 0 Å². The lowest BCUT2D eigenvalue weighted by atomic mass is 10.1. The molecular formula is C15H27N3O. The molecule has 4 nitrogen and oxygen atoms in total. The Bertz CT molecular complexity index is 345. The van der Waals surface area contributed by atoms with Crippen LogP contribution < -0.4 is 5.32 Å². The quantitative estimate of drug-likeness (QED) is 0.726. The first kappa shape index (κ1) is 14.6. The number of aromatic nitrogens is 1. The number of rotatable bonds is 8. The molecule has 1 aromatic heterocycles. The first-order valence-corrected chi connectivity index (χ1v) is 7.46. The minimum Gasteiger partial charge on any atom is -0.383 e. The Morgan fingerprint density at radius 1 is 1.21 bits per heavy atom. The van der Waals surface area contributed by atoms with E-state index >= 15 is 0 Å².